The van der Waals surface area contributed by atoms with E-state index in [2.05, 4.69) is 29.4 Å². The van der Waals surface area contributed by atoms with Crippen molar-refractivity contribution < 1.29 is 0 Å². The van der Waals surface area contributed by atoms with Gasteiger partial charge in [-0.25, -0.2) is 4.98 Å². The quantitative estimate of drug-likeness (QED) is 0.857. The molecule has 0 aromatic carbocycles. The van der Waals surface area contributed by atoms with Gasteiger partial charge in [0.1, 0.15) is 5.82 Å². The van der Waals surface area contributed by atoms with Gasteiger partial charge in [-0.15, -0.1) is 11.3 Å². The number of thiophene rings is 1. The van der Waals surface area contributed by atoms with Crippen LogP contribution in [0.1, 0.15) is 15.3 Å². The molecule has 0 unspecified atom stereocenters. The van der Waals surface area contributed by atoms with Crippen LogP contribution < -0.4 is 11.1 Å². The zero-order valence-electron chi connectivity index (χ0n) is 9.45. The van der Waals surface area contributed by atoms with Crippen LogP contribution >= 0.6 is 11.3 Å². The molecule has 3 N–H and O–H groups in total. The Balaban J connectivity index is 2.07. The van der Waals surface area contributed by atoms with Crippen molar-refractivity contribution in [2.75, 3.05) is 11.1 Å². The lowest BCUT2D eigenvalue weighted by Crippen LogP contribution is -2.04. The predicted molar refractivity (Wildman–Crippen MR) is 69.8 cm³/mol. The Labute approximate surface area is 99.3 Å². The van der Waals surface area contributed by atoms with Crippen molar-refractivity contribution in [3.63, 3.8) is 0 Å². The minimum Gasteiger partial charge on any atom is -0.396 e. The molecule has 0 saturated heterocycles. The molecular weight excluding hydrogens is 218 g/mol. The van der Waals surface area contributed by atoms with E-state index in [-0.39, 0.29) is 0 Å². The average Bonchev–Trinajstić information content (AvgIpc) is 2.67. The van der Waals surface area contributed by atoms with E-state index in [1.165, 1.54) is 9.75 Å². The van der Waals surface area contributed by atoms with Crippen molar-refractivity contribution in [3.05, 3.63) is 39.7 Å². The van der Waals surface area contributed by atoms with Crippen molar-refractivity contribution in [1.82, 2.24) is 4.98 Å². The molecule has 16 heavy (non-hydrogen) atoms. The molecular formula is C12H15N3S. The van der Waals surface area contributed by atoms with Gasteiger partial charge in [-0.1, -0.05) is 0 Å². The second-order valence-electron chi connectivity index (χ2n) is 3.76. The first-order valence-corrected chi connectivity index (χ1v) is 5.99. The summed E-state index contributed by atoms with van der Waals surface area (Å²) in [6, 6.07) is 6.16. The van der Waals surface area contributed by atoms with Crippen LogP contribution in [0.25, 0.3) is 0 Å². The molecule has 2 aromatic heterocycles. The molecule has 0 aliphatic carbocycles. The van der Waals surface area contributed by atoms with Crippen LogP contribution in [0.2, 0.25) is 0 Å². The van der Waals surface area contributed by atoms with Crippen LogP contribution in [0.3, 0.4) is 0 Å². The Morgan fingerprint density at radius 3 is 2.81 bits per heavy atom. The summed E-state index contributed by atoms with van der Waals surface area (Å²) in [4.78, 5) is 6.84. The summed E-state index contributed by atoms with van der Waals surface area (Å²) in [6.45, 7) is 4.87. The number of nitrogens with two attached hydrogens (primary N) is 1. The van der Waals surface area contributed by atoms with Crippen LogP contribution in [0.4, 0.5) is 11.5 Å². The first-order valence-electron chi connectivity index (χ1n) is 5.17. The Kier molecular flexibility index (Phi) is 3.10. The number of nitrogens with one attached hydrogen (secondary N) is 1. The van der Waals surface area contributed by atoms with Crippen molar-refractivity contribution in [1.29, 1.82) is 0 Å². The number of hydrogen-bond donors (Lipinski definition) is 2. The molecule has 2 heterocycles. The number of nitrogens with zero attached hydrogens (tertiary/aromatic N) is 1. The van der Waals surface area contributed by atoms with E-state index in [9.17, 15) is 0 Å². The van der Waals surface area contributed by atoms with Gasteiger partial charge in [0.15, 0.2) is 0 Å². The van der Waals surface area contributed by atoms with Gasteiger partial charge in [0.25, 0.3) is 0 Å². The van der Waals surface area contributed by atoms with E-state index in [0.29, 0.717) is 0 Å². The Bertz CT molecular complexity index is 491. The Hall–Kier alpha value is -1.55. The molecule has 0 saturated carbocycles. The third-order valence-corrected chi connectivity index (χ3v) is 3.43. The first kappa shape index (κ1) is 11.0. The van der Waals surface area contributed by atoms with Gasteiger partial charge in [-0.3, -0.25) is 0 Å². The average molecular weight is 233 g/mol. The number of hydrogen-bond acceptors (Lipinski definition) is 4. The molecule has 0 aliphatic heterocycles. The molecule has 0 aliphatic rings. The zero-order valence-corrected chi connectivity index (χ0v) is 10.3. The lowest BCUT2D eigenvalue weighted by molar-refractivity contribution is 1.14. The summed E-state index contributed by atoms with van der Waals surface area (Å²) < 4.78 is 0. The first-order chi connectivity index (χ1) is 7.66. The molecule has 2 rings (SSSR count). The van der Waals surface area contributed by atoms with Gasteiger partial charge >= 0.3 is 0 Å². The fraction of sp³-hybridized carbons (Fsp3) is 0.250. The van der Waals surface area contributed by atoms with E-state index >= 15 is 0 Å². The molecule has 3 nitrogen and oxygen atoms in total. The lowest BCUT2D eigenvalue weighted by atomic mass is 10.2. The maximum absolute atomic E-state index is 5.93. The van der Waals surface area contributed by atoms with Crippen LogP contribution in [0.5, 0.6) is 0 Å². The predicted octanol–water partition coefficient (Wildman–Crippen LogP) is 2.95. The number of nitrogen functional groups attached to an aromatic ring is 1. The molecule has 0 atom stereocenters. The molecule has 0 fully saturated rings. The number of aromatic nitrogens is 1. The van der Waals surface area contributed by atoms with Crippen molar-refractivity contribution in [3.8, 4) is 0 Å². The number of aryl methyl sites for hydroxylation is 2. The standard InChI is InChI=1S/C12H15N3S/c1-8-5-6-14-12(11(8)13)15-7-10-4-3-9(2)16-10/h3-6H,7,13H2,1-2H3,(H,14,15). The van der Waals surface area contributed by atoms with Crippen molar-refractivity contribution in [2.24, 2.45) is 0 Å². The monoisotopic (exact) mass is 233 g/mol. The highest BCUT2D eigenvalue weighted by Crippen LogP contribution is 2.21. The Morgan fingerprint density at radius 1 is 1.31 bits per heavy atom. The summed E-state index contributed by atoms with van der Waals surface area (Å²) in [5.74, 6) is 0.769. The van der Waals surface area contributed by atoms with Gasteiger partial charge in [0, 0.05) is 16.0 Å². The maximum Gasteiger partial charge on any atom is 0.149 e. The second kappa shape index (κ2) is 4.53. The summed E-state index contributed by atoms with van der Waals surface area (Å²) in [5, 5.41) is 3.26. The highest BCUT2D eigenvalue weighted by Gasteiger charge is 2.03. The van der Waals surface area contributed by atoms with Crippen molar-refractivity contribution in [2.45, 2.75) is 20.4 Å². The highest BCUT2D eigenvalue weighted by atomic mass is 32.1. The molecule has 0 bridgehead atoms. The zero-order chi connectivity index (χ0) is 11.5. The van der Waals surface area contributed by atoms with E-state index < -0.39 is 0 Å². The topological polar surface area (TPSA) is 50.9 Å². The molecule has 0 amide bonds. The smallest absolute Gasteiger partial charge is 0.149 e. The summed E-state index contributed by atoms with van der Waals surface area (Å²) in [7, 11) is 0. The number of rotatable bonds is 3. The minimum absolute atomic E-state index is 0.732. The lowest BCUT2D eigenvalue weighted by Gasteiger charge is -2.08. The number of anilines is 2. The third kappa shape index (κ3) is 2.33. The van der Waals surface area contributed by atoms with E-state index in [1.54, 1.807) is 17.5 Å². The summed E-state index contributed by atoms with van der Waals surface area (Å²) in [6.07, 6.45) is 1.77. The van der Waals surface area contributed by atoms with Crippen LogP contribution in [0.15, 0.2) is 24.4 Å². The normalized spacial score (nSPS) is 10.4. The molecule has 84 valence electrons. The van der Waals surface area contributed by atoms with Gasteiger partial charge in [0.05, 0.1) is 12.2 Å². The maximum atomic E-state index is 5.93. The van der Waals surface area contributed by atoms with Gasteiger partial charge < -0.3 is 11.1 Å². The fourth-order valence-corrected chi connectivity index (χ4v) is 2.29. The number of pyridine rings is 1. The van der Waals surface area contributed by atoms with Crippen LogP contribution in [-0.4, -0.2) is 4.98 Å². The summed E-state index contributed by atoms with van der Waals surface area (Å²) in [5.41, 5.74) is 7.72. The van der Waals surface area contributed by atoms with Gasteiger partial charge in [-0.05, 0) is 37.6 Å². The molecule has 2 aromatic rings. The largest absolute Gasteiger partial charge is 0.396 e. The summed E-state index contributed by atoms with van der Waals surface area (Å²) >= 11 is 1.79. The molecule has 0 spiro atoms. The Morgan fingerprint density at radius 2 is 2.12 bits per heavy atom. The van der Waals surface area contributed by atoms with Crippen molar-refractivity contribution >= 4 is 22.8 Å². The third-order valence-electron chi connectivity index (χ3n) is 2.43. The fourth-order valence-electron chi connectivity index (χ4n) is 1.46. The van der Waals surface area contributed by atoms with E-state index in [1.807, 2.05) is 13.0 Å². The van der Waals surface area contributed by atoms with E-state index in [0.717, 1.165) is 23.6 Å². The second-order valence-corrected chi connectivity index (χ2v) is 5.13. The van der Waals surface area contributed by atoms with Crippen LogP contribution in [0, 0.1) is 13.8 Å². The molecule has 4 heteroatoms. The SMILES string of the molecule is Cc1ccc(CNc2nccc(C)c2N)s1. The van der Waals surface area contributed by atoms with E-state index in [4.69, 9.17) is 5.73 Å². The molecule has 0 radical (unpaired) electrons. The van der Waals surface area contributed by atoms with Gasteiger partial charge in [-0.2, -0.15) is 0 Å². The van der Waals surface area contributed by atoms with Gasteiger partial charge in [0.2, 0.25) is 0 Å². The van der Waals surface area contributed by atoms with Crippen LogP contribution in [-0.2, 0) is 6.54 Å². The minimum atomic E-state index is 0.732. The highest BCUT2D eigenvalue weighted by molar-refractivity contribution is 7.11.